The molecule has 14 heavy (non-hydrogen) atoms. The number of nitrogens with one attached hydrogen (secondary N) is 1. The fourth-order valence-electron chi connectivity index (χ4n) is 0.907. The van der Waals surface area contributed by atoms with Gasteiger partial charge in [-0.05, 0) is 19.4 Å². The number of furan rings is 1. The van der Waals surface area contributed by atoms with Gasteiger partial charge < -0.3 is 9.73 Å². The summed E-state index contributed by atoms with van der Waals surface area (Å²) in [5.74, 6) is -0.0467. The van der Waals surface area contributed by atoms with Crippen LogP contribution in [0.3, 0.4) is 0 Å². The highest BCUT2D eigenvalue weighted by Gasteiger charge is 2.01. The van der Waals surface area contributed by atoms with Crippen LogP contribution in [0, 0.1) is 0 Å². The van der Waals surface area contributed by atoms with Gasteiger partial charge in [0.2, 0.25) is 0 Å². The first-order chi connectivity index (χ1) is 6.74. The van der Waals surface area contributed by atoms with Crippen LogP contribution in [0.15, 0.2) is 35.3 Å². The van der Waals surface area contributed by atoms with Crippen molar-refractivity contribution in [2.24, 2.45) is 0 Å². The molecule has 0 bridgehead atoms. The zero-order valence-electron chi connectivity index (χ0n) is 8.49. The number of hydrogen-bond acceptors (Lipinski definition) is 3. The summed E-state index contributed by atoms with van der Waals surface area (Å²) in [6.07, 6.45) is 7.16. The molecule has 0 saturated carbocycles. The molecule has 1 heterocycles. The monoisotopic (exact) mass is 193 g/mol. The van der Waals surface area contributed by atoms with Crippen molar-refractivity contribution in [3.8, 4) is 0 Å². The topological polar surface area (TPSA) is 42.2 Å². The summed E-state index contributed by atoms with van der Waals surface area (Å²) in [4.78, 5) is 11.4. The Labute approximate surface area is 83.8 Å². The summed E-state index contributed by atoms with van der Waals surface area (Å²) in [6, 6.07) is 2.04. The van der Waals surface area contributed by atoms with Gasteiger partial charge in [0.1, 0.15) is 6.26 Å². The summed E-state index contributed by atoms with van der Waals surface area (Å²) in [7, 11) is 0. The van der Waals surface area contributed by atoms with Crippen LogP contribution in [-0.4, -0.2) is 11.8 Å². The van der Waals surface area contributed by atoms with Crippen molar-refractivity contribution in [1.82, 2.24) is 5.32 Å². The first-order valence-corrected chi connectivity index (χ1v) is 4.73. The maximum Gasteiger partial charge on any atom is 0.190 e. The fraction of sp³-hybridized carbons (Fsp3) is 0.364. The van der Waals surface area contributed by atoms with Crippen molar-refractivity contribution < 1.29 is 9.21 Å². The van der Waals surface area contributed by atoms with Gasteiger partial charge in [0.25, 0.3) is 0 Å². The van der Waals surface area contributed by atoms with Gasteiger partial charge in [0.05, 0.1) is 11.8 Å². The predicted molar refractivity (Wildman–Crippen MR) is 55.1 cm³/mol. The van der Waals surface area contributed by atoms with E-state index in [4.69, 9.17) is 4.42 Å². The van der Waals surface area contributed by atoms with Crippen LogP contribution in [0.5, 0.6) is 0 Å². The minimum atomic E-state index is -0.0467. The van der Waals surface area contributed by atoms with Gasteiger partial charge in [-0.25, -0.2) is 0 Å². The smallest absolute Gasteiger partial charge is 0.190 e. The van der Waals surface area contributed by atoms with E-state index in [1.807, 2.05) is 0 Å². The molecule has 0 aliphatic heterocycles. The SMILES string of the molecule is CCC(C)N/C=C\C(=O)c1ccoc1. The highest BCUT2D eigenvalue weighted by atomic mass is 16.3. The molecule has 0 amide bonds. The fourth-order valence-corrected chi connectivity index (χ4v) is 0.907. The number of carbonyl (C=O) groups excluding carboxylic acids is 1. The molecule has 0 fully saturated rings. The Morgan fingerprint density at radius 3 is 3.07 bits per heavy atom. The van der Waals surface area contributed by atoms with E-state index in [0.717, 1.165) is 6.42 Å². The van der Waals surface area contributed by atoms with Crippen molar-refractivity contribution >= 4 is 5.78 Å². The van der Waals surface area contributed by atoms with Crippen molar-refractivity contribution in [2.45, 2.75) is 26.3 Å². The molecule has 1 atom stereocenters. The first kappa shape index (κ1) is 10.6. The summed E-state index contributed by atoms with van der Waals surface area (Å²) in [5.41, 5.74) is 0.576. The molecule has 0 aromatic carbocycles. The van der Waals surface area contributed by atoms with Crippen LogP contribution in [0.2, 0.25) is 0 Å². The Morgan fingerprint density at radius 1 is 1.71 bits per heavy atom. The van der Waals surface area contributed by atoms with Gasteiger partial charge >= 0.3 is 0 Å². The van der Waals surface area contributed by atoms with Crippen LogP contribution < -0.4 is 5.32 Å². The third-order valence-electron chi connectivity index (χ3n) is 2.03. The number of ketones is 1. The summed E-state index contributed by atoms with van der Waals surface area (Å²) < 4.78 is 4.81. The summed E-state index contributed by atoms with van der Waals surface area (Å²) in [6.45, 7) is 4.15. The lowest BCUT2D eigenvalue weighted by molar-refractivity contribution is 0.104. The predicted octanol–water partition coefficient (Wildman–Crippen LogP) is 2.36. The van der Waals surface area contributed by atoms with E-state index in [1.54, 1.807) is 12.3 Å². The molecular weight excluding hydrogens is 178 g/mol. The largest absolute Gasteiger partial charge is 0.472 e. The lowest BCUT2D eigenvalue weighted by Gasteiger charge is -2.06. The molecule has 1 aromatic rings. The van der Waals surface area contributed by atoms with Gasteiger partial charge in [0.15, 0.2) is 5.78 Å². The quantitative estimate of drug-likeness (QED) is 0.576. The van der Waals surface area contributed by atoms with E-state index >= 15 is 0 Å². The van der Waals surface area contributed by atoms with Crippen LogP contribution in [0.4, 0.5) is 0 Å². The van der Waals surface area contributed by atoms with E-state index in [2.05, 4.69) is 19.2 Å². The third kappa shape index (κ3) is 3.09. The molecule has 1 aromatic heterocycles. The standard InChI is InChI=1S/C11H15NO2/c1-3-9(2)12-6-4-11(13)10-5-7-14-8-10/h4-9,12H,3H2,1-2H3/b6-4-. The number of allylic oxidation sites excluding steroid dienone is 1. The van der Waals surface area contributed by atoms with Gasteiger partial charge in [-0.2, -0.15) is 0 Å². The zero-order valence-corrected chi connectivity index (χ0v) is 8.49. The summed E-state index contributed by atoms with van der Waals surface area (Å²) >= 11 is 0. The molecule has 1 unspecified atom stereocenters. The lowest BCUT2D eigenvalue weighted by atomic mass is 10.2. The molecule has 1 N–H and O–H groups in total. The van der Waals surface area contributed by atoms with Crippen LogP contribution in [0.1, 0.15) is 30.6 Å². The van der Waals surface area contributed by atoms with E-state index < -0.39 is 0 Å². The molecule has 3 heteroatoms. The highest BCUT2D eigenvalue weighted by molar-refractivity contribution is 6.04. The van der Waals surface area contributed by atoms with Gasteiger partial charge in [-0.15, -0.1) is 0 Å². The zero-order chi connectivity index (χ0) is 10.4. The number of carbonyl (C=O) groups is 1. The number of rotatable bonds is 5. The minimum Gasteiger partial charge on any atom is -0.472 e. The maximum absolute atomic E-state index is 11.4. The first-order valence-electron chi connectivity index (χ1n) is 4.73. The molecule has 0 aliphatic rings. The average molecular weight is 193 g/mol. The molecule has 1 rings (SSSR count). The molecule has 3 nitrogen and oxygen atoms in total. The molecule has 0 radical (unpaired) electrons. The summed E-state index contributed by atoms with van der Waals surface area (Å²) in [5, 5.41) is 3.09. The molecule has 0 spiro atoms. The molecule has 76 valence electrons. The Morgan fingerprint density at radius 2 is 2.50 bits per heavy atom. The Bertz CT molecular complexity index is 301. The van der Waals surface area contributed by atoms with E-state index in [-0.39, 0.29) is 5.78 Å². The number of hydrogen-bond donors (Lipinski definition) is 1. The molecule has 0 aliphatic carbocycles. The second-order valence-electron chi connectivity index (χ2n) is 3.19. The average Bonchev–Trinajstić information content (AvgIpc) is 2.70. The second kappa shape index (κ2) is 5.27. The van der Waals surface area contributed by atoms with Crippen LogP contribution in [0.25, 0.3) is 0 Å². The van der Waals surface area contributed by atoms with E-state index in [0.29, 0.717) is 11.6 Å². The maximum atomic E-state index is 11.4. The van der Waals surface area contributed by atoms with Crippen molar-refractivity contribution in [2.75, 3.05) is 0 Å². The van der Waals surface area contributed by atoms with Gasteiger partial charge in [-0.3, -0.25) is 4.79 Å². The van der Waals surface area contributed by atoms with E-state index in [1.165, 1.54) is 18.6 Å². The second-order valence-corrected chi connectivity index (χ2v) is 3.19. The normalized spacial score (nSPS) is 13.0. The minimum absolute atomic E-state index is 0.0467. The van der Waals surface area contributed by atoms with Gasteiger partial charge in [-0.1, -0.05) is 6.92 Å². The van der Waals surface area contributed by atoms with Gasteiger partial charge in [0, 0.05) is 18.3 Å². The lowest BCUT2D eigenvalue weighted by Crippen LogP contribution is -2.19. The van der Waals surface area contributed by atoms with E-state index in [9.17, 15) is 4.79 Å². The molecule has 0 saturated heterocycles. The Balaban J connectivity index is 2.41. The third-order valence-corrected chi connectivity index (χ3v) is 2.03. The van der Waals surface area contributed by atoms with Crippen molar-refractivity contribution in [1.29, 1.82) is 0 Å². The molecular formula is C11H15NO2. The van der Waals surface area contributed by atoms with Crippen LogP contribution in [-0.2, 0) is 0 Å². The Kier molecular flexibility index (Phi) is 3.98. The van der Waals surface area contributed by atoms with Crippen molar-refractivity contribution in [3.05, 3.63) is 36.4 Å². The Hall–Kier alpha value is -1.51. The van der Waals surface area contributed by atoms with Crippen molar-refractivity contribution in [3.63, 3.8) is 0 Å². The van der Waals surface area contributed by atoms with Crippen LogP contribution >= 0.6 is 0 Å². The highest BCUT2D eigenvalue weighted by Crippen LogP contribution is 2.01.